The van der Waals surface area contributed by atoms with Gasteiger partial charge in [-0.15, -0.1) is 0 Å². The third kappa shape index (κ3) is 4.59. The molecule has 0 spiro atoms. The molecule has 2 aromatic rings. The summed E-state index contributed by atoms with van der Waals surface area (Å²) in [6, 6.07) is 17.4. The molecule has 0 unspecified atom stereocenters. The molecule has 2 aromatic carbocycles. The molecule has 0 aliphatic rings. The van der Waals surface area contributed by atoms with Crippen LogP contribution >= 0.6 is 0 Å². The number of benzene rings is 2. The summed E-state index contributed by atoms with van der Waals surface area (Å²) < 4.78 is 0. The van der Waals surface area contributed by atoms with Gasteiger partial charge in [0.05, 0.1) is 12.0 Å². The number of nitrogens with zero attached hydrogens (tertiary/aromatic N) is 1. The zero-order valence-corrected chi connectivity index (χ0v) is 14.6. The fourth-order valence-corrected chi connectivity index (χ4v) is 2.69. The zero-order chi connectivity index (χ0) is 17.5. The average Bonchev–Trinajstić information content (AvgIpc) is 2.61. The van der Waals surface area contributed by atoms with Crippen molar-refractivity contribution >= 4 is 11.6 Å². The van der Waals surface area contributed by atoms with Crippen LogP contribution in [0, 0.1) is 0 Å². The van der Waals surface area contributed by atoms with Gasteiger partial charge in [0, 0.05) is 26.3 Å². The van der Waals surface area contributed by atoms with Gasteiger partial charge in [0.1, 0.15) is 0 Å². The van der Waals surface area contributed by atoms with Gasteiger partial charge in [-0.05, 0) is 29.7 Å². The number of amides is 1. The van der Waals surface area contributed by atoms with Crippen molar-refractivity contribution in [2.45, 2.75) is 25.4 Å². The molecule has 0 radical (unpaired) electrons. The van der Waals surface area contributed by atoms with Crippen molar-refractivity contribution in [3.05, 3.63) is 65.7 Å². The maximum atomic E-state index is 12.4. The van der Waals surface area contributed by atoms with Crippen molar-refractivity contribution in [1.29, 1.82) is 0 Å². The Labute approximate surface area is 144 Å². The molecule has 2 N–H and O–H groups in total. The number of aliphatic hydroxyl groups is 1. The summed E-state index contributed by atoms with van der Waals surface area (Å²) in [5.74, 6) is -0.234. The topological polar surface area (TPSA) is 52.6 Å². The molecule has 1 amide bonds. The number of hydrogen-bond donors (Lipinski definition) is 2. The Bertz CT molecular complexity index is 638. The molecule has 24 heavy (non-hydrogen) atoms. The van der Waals surface area contributed by atoms with Crippen molar-refractivity contribution in [2.75, 3.05) is 25.5 Å². The van der Waals surface area contributed by atoms with Gasteiger partial charge in [0.15, 0.2) is 0 Å². The van der Waals surface area contributed by atoms with E-state index < -0.39 is 6.10 Å². The van der Waals surface area contributed by atoms with Crippen LogP contribution in [0.5, 0.6) is 0 Å². The number of aliphatic hydroxyl groups excluding tert-OH is 1. The summed E-state index contributed by atoms with van der Waals surface area (Å²) in [5, 5.41) is 13.2. The maximum Gasteiger partial charge on any atom is 0.227 e. The summed E-state index contributed by atoms with van der Waals surface area (Å²) in [6.45, 7) is 2.21. The minimum atomic E-state index is -0.710. The third-order valence-electron chi connectivity index (χ3n) is 4.19. The minimum absolute atomic E-state index is 0.0485. The second kappa shape index (κ2) is 8.50. The molecule has 0 fully saturated rings. The Morgan fingerprint density at radius 3 is 2.21 bits per heavy atom. The molecule has 0 heterocycles. The number of anilines is 1. The predicted octanol–water partition coefficient (Wildman–Crippen LogP) is 3.10. The van der Waals surface area contributed by atoms with Gasteiger partial charge in [-0.25, -0.2) is 0 Å². The van der Waals surface area contributed by atoms with E-state index in [1.165, 1.54) is 0 Å². The van der Waals surface area contributed by atoms with Crippen LogP contribution in [0.4, 0.5) is 5.69 Å². The van der Waals surface area contributed by atoms with E-state index >= 15 is 0 Å². The van der Waals surface area contributed by atoms with Gasteiger partial charge in [-0.3, -0.25) is 4.79 Å². The first-order valence-corrected chi connectivity index (χ1v) is 8.31. The predicted molar refractivity (Wildman–Crippen MR) is 98.2 cm³/mol. The number of rotatable bonds is 7. The number of nitrogens with one attached hydrogen (secondary N) is 1. The van der Waals surface area contributed by atoms with Crippen molar-refractivity contribution < 1.29 is 9.90 Å². The van der Waals surface area contributed by atoms with Crippen molar-refractivity contribution in [3.8, 4) is 0 Å². The van der Waals surface area contributed by atoms with Gasteiger partial charge in [0.2, 0.25) is 5.91 Å². The summed E-state index contributed by atoms with van der Waals surface area (Å²) in [5.41, 5.74) is 2.88. The quantitative estimate of drug-likeness (QED) is 0.822. The average molecular weight is 326 g/mol. The molecular weight excluding hydrogens is 300 g/mol. The van der Waals surface area contributed by atoms with Crippen LogP contribution in [0.3, 0.4) is 0 Å². The van der Waals surface area contributed by atoms with Crippen LogP contribution in [-0.4, -0.2) is 31.7 Å². The van der Waals surface area contributed by atoms with Crippen molar-refractivity contribution in [3.63, 3.8) is 0 Å². The highest BCUT2D eigenvalue weighted by Gasteiger charge is 2.19. The van der Waals surface area contributed by atoms with Crippen LogP contribution in [-0.2, 0) is 4.79 Å². The molecule has 0 saturated carbocycles. The lowest BCUT2D eigenvalue weighted by atomic mass is 9.95. The van der Waals surface area contributed by atoms with Crippen LogP contribution < -0.4 is 10.2 Å². The Hall–Kier alpha value is -2.33. The highest BCUT2D eigenvalue weighted by Crippen LogP contribution is 2.20. The van der Waals surface area contributed by atoms with Crippen LogP contribution in [0.15, 0.2) is 54.6 Å². The van der Waals surface area contributed by atoms with Gasteiger partial charge >= 0.3 is 0 Å². The first-order valence-electron chi connectivity index (χ1n) is 8.31. The molecular formula is C20H26N2O2. The van der Waals surface area contributed by atoms with E-state index in [2.05, 4.69) is 5.32 Å². The molecule has 4 heteroatoms. The Balaban J connectivity index is 1.95. The standard InChI is InChI=1S/C20H26N2O2/c1-4-18(15-8-6-5-7-9-15)20(24)21-14-19(23)16-10-12-17(13-11-16)22(2)3/h5-13,18-19,23H,4,14H2,1-3H3,(H,21,24)/t18-,19+/m1/s1. The highest BCUT2D eigenvalue weighted by molar-refractivity contribution is 5.83. The van der Waals surface area contributed by atoms with Crippen LogP contribution in [0.1, 0.15) is 36.5 Å². The van der Waals surface area contributed by atoms with E-state index in [1.54, 1.807) is 0 Å². The zero-order valence-electron chi connectivity index (χ0n) is 14.6. The van der Waals surface area contributed by atoms with Crippen molar-refractivity contribution in [1.82, 2.24) is 5.32 Å². The second-order valence-corrected chi connectivity index (χ2v) is 6.12. The molecule has 0 bridgehead atoms. The molecule has 0 aliphatic carbocycles. The highest BCUT2D eigenvalue weighted by atomic mass is 16.3. The number of hydrogen-bond acceptors (Lipinski definition) is 3. The largest absolute Gasteiger partial charge is 0.387 e. The van der Waals surface area contributed by atoms with E-state index in [1.807, 2.05) is 80.5 Å². The third-order valence-corrected chi connectivity index (χ3v) is 4.19. The minimum Gasteiger partial charge on any atom is -0.387 e. The summed E-state index contributed by atoms with van der Waals surface area (Å²) in [7, 11) is 3.94. The molecule has 2 rings (SSSR count). The second-order valence-electron chi connectivity index (χ2n) is 6.12. The molecule has 0 aromatic heterocycles. The Morgan fingerprint density at radius 2 is 1.67 bits per heavy atom. The summed E-state index contributed by atoms with van der Waals surface area (Å²) >= 11 is 0. The lowest BCUT2D eigenvalue weighted by molar-refractivity contribution is -0.123. The summed E-state index contributed by atoms with van der Waals surface area (Å²) in [4.78, 5) is 14.4. The van der Waals surface area contributed by atoms with Gasteiger partial charge < -0.3 is 15.3 Å². The Kier molecular flexibility index (Phi) is 6.38. The Morgan fingerprint density at radius 1 is 1.04 bits per heavy atom. The summed E-state index contributed by atoms with van der Waals surface area (Å²) in [6.07, 6.45) is 0.0159. The van der Waals surface area contributed by atoms with E-state index in [4.69, 9.17) is 0 Å². The van der Waals surface area contributed by atoms with E-state index in [0.717, 1.165) is 23.2 Å². The van der Waals surface area contributed by atoms with Crippen molar-refractivity contribution in [2.24, 2.45) is 0 Å². The molecule has 128 valence electrons. The van der Waals surface area contributed by atoms with E-state index in [0.29, 0.717) is 0 Å². The fraction of sp³-hybridized carbons (Fsp3) is 0.350. The SMILES string of the molecule is CC[C@@H](C(=O)NC[C@H](O)c1ccc(N(C)C)cc1)c1ccccc1. The number of carbonyl (C=O) groups is 1. The molecule has 2 atom stereocenters. The van der Waals surface area contributed by atoms with Crippen LogP contribution in [0.2, 0.25) is 0 Å². The van der Waals surface area contributed by atoms with E-state index in [9.17, 15) is 9.90 Å². The first kappa shape index (κ1) is 18.0. The van der Waals surface area contributed by atoms with Gasteiger partial charge in [-0.1, -0.05) is 49.4 Å². The van der Waals surface area contributed by atoms with Crippen LogP contribution in [0.25, 0.3) is 0 Å². The monoisotopic (exact) mass is 326 g/mol. The smallest absolute Gasteiger partial charge is 0.227 e. The van der Waals surface area contributed by atoms with E-state index in [-0.39, 0.29) is 18.4 Å². The molecule has 0 saturated heterocycles. The lowest BCUT2D eigenvalue weighted by Gasteiger charge is -2.18. The normalized spacial score (nSPS) is 13.2. The first-order chi connectivity index (χ1) is 11.5. The lowest BCUT2D eigenvalue weighted by Crippen LogP contribution is -2.32. The fourth-order valence-electron chi connectivity index (χ4n) is 2.69. The van der Waals surface area contributed by atoms with Gasteiger partial charge in [-0.2, -0.15) is 0 Å². The molecule has 0 aliphatic heterocycles. The van der Waals surface area contributed by atoms with Gasteiger partial charge in [0.25, 0.3) is 0 Å². The maximum absolute atomic E-state index is 12.4. The number of carbonyl (C=O) groups excluding carboxylic acids is 1. The molecule has 4 nitrogen and oxygen atoms in total.